The number of fused-ring (bicyclic) bond motifs is 1. The van der Waals surface area contributed by atoms with Gasteiger partial charge >= 0.3 is 0 Å². The van der Waals surface area contributed by atoms with Crippen LogP contribution in [0, 0.1) is 0 Å². The van der Waals surface area contributed by atoms with Gasteiger partial charge in [0.25, 0.3) is 0 Å². The van der Waals surface area contributed by atoms with Gasteiger partial charge in [-0.2, -0.15) is 0 Å². The minimum absolute atomic E-state index is 0.476. The number of hydrogen-bond acceptors (Lipinski definition) is 3. The van der Waals surface area contributed by atoms with E-state index in [2.05, 4.69) is 23.0 Å². The van der Waals surface area contributed by atoms with Crippen molar-refractivity contribution in [3.05, 3.63) is 41.3 Å². The molecule has 1 heterocycles. The maximum Gasteiger partial charge on any atom is 0.0391 e. The maximum atomic E-state index is 8.41. The van der Waals surface area contributed by atoms with Crippen LogP contribution in [-0.4, -0.2) is 11.8 Å². The van der Waals surface area contributed by atoms with Crippen molar-refractivity contribution in [2.24, 2.45) is 0 Å². The summed E-state index contributed by atoms with van der Waals surface area (Å²) < 4.78 is 1.30. The number of hydrogen-bond donors (Lipinski definition) is 2. The van der Waals surface area contributed by atoms with Crippen LogP contribution in [0.5, 0.6) is 0 Å². The average molecular weight is 205 g/mol. The predicted octanol–water partition coefficient (Wildman–Crippen LogP) is 2.89. The standard InChI is InChI=1S/C11H11NOS/c13-12-7-3-4-9-8-14-11-6-2-1-5-10(9)11/h1-6,8,12-13H,7H2. The zero-order valence-corrected chi connectivity index (χ0v) is 8.42. The van der Waals surface area contributed by atoms with Gasteiger partial charge < -0.3 is 5.21 Å². The molecule has 2 nitrogen and oxygen atoms in total. The molecule has 0 atom stereocenters. The quantitative estimate of drug-likeness (QED) is 0.755. The van der Waals surface area contributed by atoms with E-state index in [-0.39, 0.29) is 0 Å². The van der Waals surface area contributed by atoms with Crippen molar-refractivity contribution < 1.29 is 5.21 Å². The van der Waals surface area contributed by atoms with Gasteiger partial charge in [-0.3, -0.25) is 0 Å². The lowest BCUT2D eigenvalue weighted by Crippen LogP contribution is -2.04. The average Bonchev–Trinajstić information content (AvgIpc) is 2.63. The molecule has 2 aromatic rings. The van der Waals surface area contributed by atoms with E-state index < -0.39 is 0 Å². The molecule has 0 radical (unpaired) electrons. The van der Waals surface area contributed by atoms with Crippen LogP contribution < -0.4 is 5.48 Å². The zero-order valence-electron chi connectivity index (χ0n) is 7.60. The highest BCUT2D eigenvalue weighted by atomic mass is 32.1. The van der Waals surface area contributed by atoms with Crippen molar-refractivity contribution in [1.29, 1.82) is 0 Å². The number of nitrogens with one attached hydrogen (secondary N) is 1. The Hall–Kier alpha value is -1.16. The molecule has 1 aromatic carbocycles. The summed E-state index contributed by atoms with van der Waals surface area (Å²) in [7, 11) is 0. The SMILES string of the molecule is ONCC=Cc1csc2ccccc12. The Morgan fingerprint density at radius 3 is 3.07 bits per heavy atom. The van der Waals surface area contributed by atoms with E-state index in [1.807, 2.05) is 24.3 Å². The van der Waals surface area contributed by atoms with Gasteiger partial charge in [-0.15, -0.1) is 11.3 Å². The van der Waals surface area contributed by atoms with E-state index in [9.17, 15) is 0 Å². The van der Waals surface area contributed by atoms with Crippen LogP contribution >= 0.6 is 11.3 Å². The highest BCUT2D eigenvalue weighted by Crippen LogP contribution is 2.26. The molecule has 0 aliphatic heterocycles. The van der Waals surface area contributed by atoms with Crippen molar-refractivity contribution >= 4 is 27.5 Å². The summed E-state index contributed by atoms with van der Waals surface area (Å²) in [6, 6.07) is 8.30. The second-order valence-electron chi connectivity index (χ2n) is 2.95. The number of hydroxylamine groups is 1. The minimum Gasteiger partial charge on any atom is -0.317 e. The van der Waals surface area contributed by atoms with Crippen LogP contribution in [-0.2, 0) is 0 Å². The fraction of sp³-hybridized carbons (Fsp3) is 0.0909. The molecule has 0 amide bonds. The molecular weight excluding hydrogens is 194 g/mol. The van der Waals surface area contributed by atoms with Gasteiger partial charge in [-0.25, -0.2) is 5.48 Å². The van der Waals surface area contributed by atoms with Gasteiger partial charge in [0.1, 0.15) is 0 Å². The molecule has 0 saturated carbocycles. The van der Waals surface area contributed by atoms with E-state index in [4.69, 9.17) is 5.21 Å². The molecule has 0 spiro atoms. The lowest BCUT2D eigenvalue weighted by molar-refractivity contribution is 0.180. The van der Waals surface area contributed by atoms with Gasteiger partial charge in [0.05, 0.1) is 0 Å². The van der Waals surface area contributed by atoms with E-state index in [0.717, 1.165) is 0 Å². The van der Waals surface area contributed by atoms with Crippen LogP contribution in [0.2, 0.25) is 0 Å². The Morgan fingerprint density at radius 2 is 2.21 bits per heavy atom. The van der Waals surface area contributed by atoms with Crippen LogP contribution in [0.15, 0.2) is 35.7 Å². The predicted molar refractivity (Wildman–Crippen MR) is 60.6 cm³/mol. The Bertz CT molecular complexity index is 447. The summed E-state index contributed by atoms with van der Waals surface area (Å²) in [5.41, 5.74) is 3.30. The van der Waals surface area contributed by atoms with Crippen LogP contribution in [0.4, 0.5) is 0 Å². The Balaban J connectivity index is 2.34. The highest BCUT2D eigenvalue weighted by molar-refractivity contribution is 7.17. The molecule has 0 aliphatic rings. The summed E-state index contributed by atoms with van der Waals surface area (Å²) in [4.78, 5) is 0. The third kappa shape index (κ3) is 1.85. The Morgan fingerprint density at radius 1 is 1.36 bits per heavy atom. The number of thiophene rings is 1. The molecule has 1 aromatic heterocycles. The lowest BCUT2D eigenvalue weighted by Gasteiger charge is -1.91. The third-order valence-corrected chi connectivity index (χ3v) is 3.00. The molecule has 14 heavy (non-hydrogen) atoms. The smallest absolute Gasteiger partial charge is 0.0391 e. The second kappa shape index (κ2) is 4.37. The largest absolute Gasteiger partial charge is 0.317 e. The topological polar surface area (TPSA) is 32.3 Å². The Labute approximate surface area is 86.5 Å². The molecule has 0 unspecified atom stereocenters. The van der Waals surface area contributed by atoms with Gasteiger partial charge in [-0.05, 0) is 22.4 Å². The normalized spacial score (nSPS) is 11.5. The van der Waals surface area contributed by atoms with Gasteiger partial charge in [0.15, 0.2) is 0 Å². The fourth-order valence-electron chi connectivity index (χ4n) is 1.37. The second-order valence-corrected chi connectivity index (χ2v) is 3.86. The first-order valence-corrected chi connectivity index (χ1v) is 5.29. The van der Waals surface area contributed by atoms with E-state index in [0.29, 0.717) is 6.54 Å². The first-order valence-electron chi connectivity index (χ1n) is 4.41. The summed E-state index contributed by atoms with van der Waals surface area (Å²) in [6.45, 7) is 0.476. The monoisotopic (exact) mass is 205 g/mol. The van der Waals surface area contributed by atoms with Crippen molar-refractivity contribution in [1.82, 2.24) is 5.48 Å². The molecule has 0 bridgehead atoms. The number of rotatable bonds is 3. The molecule has 0 aliphatic carbocycles. The first-order chi connectivity index (χ1) is 6.92. The lowest BCUT2D eigenvalue weighted by atomic mass is 10.2. The molecule has 0 fully saturated rings. The van der Waals surface area contributed by atoms with Crippen LogP contribution in [0.1, 0.15) is 5.56 Å². The molecule has 2 rings (SSSR count). The van der Waals surface area contributed by atoms with Gasteiger partial charge in [0, 0.05) is 11.2 Å². The third-order valence-electron chi connectivity index (χ3n) is 2.02. The molecule has 0 saturated heterocycles. The van der Waals surface area contributed by atoms with Crippen molar-refractivity contribution in [3.63, 3.8) is 0 Å². The van der Waals surface area contributed by atoms with Gasteiger partial charge in [0.2, 0.25) is 0 Å². The molecule has 3 heteroatoms. The summed E-state index contributed by atoms with van der Waals surface area (Å²) >= 11 is 1.74. The van der Waals surface area contributed by atoms with Crippen LogP contribution in [0.3, 0.4) is 0 Å². The van der Waals surface area contributed by atoms with Crippen molar-refractivity contribution in [2.75, 3.05) is 6.54 Å². The Kier molecular flexibility index (Phi) is 2.93. The molecule has 2 N–H and O–H groups in total. The first kappa shape index (κ1) is 9.40. The summed E-state index contributed by atoms with van der Waals surface area (Å²) in [5.74, 6) is 0. The summed E-state index contributed by atoms with van der Waals surface area (Å²) in [6.07, 6.45) is 3.91. The fourth-order valence-corrected chi connectivity index (χ4v) is 2.30. The highest BCUT2D eigenvalue weighted by Gasteiger charge is 1.98. The summed E-state index contributed by atoms with van der Waals surface area (Å²) in [5, 5.41) is 11.8. The van der Waals surface area contributed by atoms with E-state index in [1.54, 1.807) is 11.3 Å². The van der Waals surface area contributed by atoms with Crippen molar-refractivity contribution in [3.8, 4) is 0 Å². The van der Waals surface area contributed by atoms with Crippen LogP contribution in [0.25, 0.3) is 16.2 Å². The van der Waals surface area contributed by atoms with Crippen molar-refractivity contribution in [2.45, 2.75) is 0 Å². The van der Waals surface area contributed by atoms with E-state index >= 15 is 0 Å². The molecular formula is C11H11NOS. The van der Waals surface area contributed by atoms with Gasteiger partial charge in [-0.1, -0.05) is 30.4 Å². The zero-order chi connectivity index (χ0) is 9.80. The molecule has 72 valence electrons. The number of benzene rings is 1. The maximum absolute atomic E-state index is 8.41. The minimum atomic E-state index is 0.476. The van der Waals surface area contributed by atoms with E-state index in [1.165, 1.54) is 15.6 Å².